The van der Waals surface area contributed by atoms with E-state index < -0.39 is 0 Å². The highest BCUT2D eigenvalue weighted by molar-refractivity contribution is 4.81. The van der Waals surface area contributed by atoms with Crippen LogP contribution in [0.1, 0.15) is 39.5 Å². The van der Waals surface area contributed by atoms with E-state index in [0.29, 0.717) is 12.1 Å². The first-order valence-corrected chi connectivity index (χ1v) is 6.23. The van der Waals surface area contributed by atoms with E-state index in [9.17, 15) is 5.11 Å². The molecule has 1 fully saturated rings. The zero-order valence-corrected chi connectivity index (χ0v) is 10.4. The fourth-order valence-corrected chi connectivity index (χ4v) is 2.30. The van der Waals surface area contributed by atoms with Gasteiger partial charge in [0.05, 0.1) is 6.10 Å². The number of hydrogen-bond acceptors (Lipinski definition) is 3. The van der Waals surface area contributed by atoms with Crippen LogP contribution < -0.4 is 5.32 Å². The molecule has 2 atom stereocenters. The van der Waals surface area contributed by atoms with Crippen molar-refractivity contribution in [1.82, 2.24) is 10.2 Å². The molecule has 3 nitrogen and oxygen atoms in total. The van der Waals surface area contributed by atoms with Gasteiger partial charge < -0.3 is 10.4 Å². The molecular formula is C12H26N2O. The van der Waals surface area contributed by atoms with Crippen molar-refractivity contribution in [3.63, 3.8) is 0 Å². The maximum atomic E-state index is 9.89. The van der Waals surface area contributed by atoms with Crippen molar-refractivity contribution in [2.45, 2.75) is 57.7 Å². The molecule has 0 bridgehead atoms. The average molecular weight is 214 g/mol. The molecule has 2 N–H and O–H groups in total. The Bertz CT molecular complexity index is 173. The first kappa shape index (κ1) is 12.9. The standard InChI is InChI=1S/C12H26N2O/c1-10(2)13-8-9-14(3)11-6-4-5-7-12(11)15/h10-13,15H,4-9H2,1-3H3. The summed E-state index contributed by atoms with van der Waals surface area (Å²) in [6.07, 6.45) is 4.48. The molecular weight excluding hydrogens is 188 g/mol. The first-order chi connectivity index (χ1) is 7.11. The van der Waals surface area contributed by atoms with Crippen LogP contribution in [0.2, 0.25) is 0 Å². The lowest BCUT2D eigenvalue weighted by Gasteiger charge is -2.35. The Kier molecular flexibility index (Phi) is 5.58. The maximum Gasteiger partial charge on any atom is 0.0695 e. The summed E-state index contributed by atoms with van der Waals surface area (Å²) < 4.78 is 0. The van der Waals surface area contributed by atoms with Gasteiger partial charge in [0.2, 0.25) is 0 Å². The summed E-state index contributed by atoms with van der Waals surface area (Å²) in [6.45, 7) is 6.36. The molecule has 0 spiro atoms. The lowest BCUT2D eigenvalue weighted by molar-refractivity contribution is 0.0326. The summed E-state index contributed by atoms with van der Waals surface area (Å²) in [6, 6.07) is 0.933. The molecule has 1 rings (SSSR count). The quantitative estimate of drug-likeness (QED) is 0.722. The van der Waals surface area contributed by atoms with Crippen molar-refractivity contribution < 1.29 is 5.11 Å². The van der Waals surface area contributed by atoms with Crippen LogP contribution in [-0.2, 0) is 0 Å². The fraction of sp³-hybridized carbons (Fsp3) is 1.00. The Balaban J connectivity index is 2.22. The van der Waals surface area contributed by atoms with Crippen LogP contribution in [0.5, 0.6) is 0 Å². The van der Waals surface area contributed by atoms with Gasteiger partial charge in [-0.2, -0.15) is 0 Å². The van der Waals surface area contributed by atoms with Crippen molar-refractivity contribution in [3.05, 3.63) is 0 Å². The number of aliphatic hydroxyl groups is 1. The Morgan fingerprint density at radius 2 is 2.00 bits per heavy atom. The predicted octanol–water partition coefficient (Wildman–Crippen LogP) is 1.22. The molecule has 0 radical (unpaired) electrons. The molecule has 0 aromatic heterocycles. The highest BCUT2D eigenvalue weighted by Gasteiger charge is 2.25. The van der Waals surface area contributed by atoms with E-state index in [1.807, 2.05) is 0 Å². The third-order valence-electron chi connectivity index (χ3n) is 3.28. The highest BCUT2D eigenvalue weighted by Crippen LogP contribution is 2.21. The van der Waals surface area contributed by atoms with E-state index in [2.05, 4.69) is 31.1 Å². The van der Waals surface area contributed by atoms with Crippen molar-refractivity contribution in [2.75, 3.05) is 20.1 Å². The van der Waals surface area contributed by atoms with Crippen LogP contribution >= 0.6 is 0 Å². The minimum absolute atomic E-state index is 0.109. The van der Waals surface area contributed by atoms with Crippen LogP contribution in [0, 0.1) is 0 Å². The lowest BCUT2D eigenvalue weighted by Crippen LogP contribution is -2.46. The maximum absolute atomic E-state index is 9.89. The molecule has 90 valence electrons. The SMILES string of the molecule is CC(C)NCCN(C)C1CCCCC1O. The van der Waals surface area contributed by atoms with Gasteiger partial charge >= 0.3 is 0 Å². The van der Waals surface area contributed by atoms with Crippen LogP contribution in [0.15, 0.2) is 0 Å². The molecule has 1 aliphatic carbocycles. The van der Waals surface area contributed by atoms with Crippen molar-refractivity contribution in [1.29, 1.82) is 0 Å². The van der Waals surface area contributed by atoms with Crippen molar-refractivity contribution in [3.8, 4) is 0 Å². The molecule has 15 heavy (non-hydrogen) atoms. The number of nitrogens with zero attached hydrogens (tertiary/aromatic N) is 1. The summed E-state index contributed by atoms with van der Waals surface area (Å²) in [7, 11) is 2.13. The van der Waals surface area contributed by atoms with Crippen molar-refractivity contribution in [2.24, 2.45) is 0 Å². The molecule has 1 aliphatic rings. The molecule has 0 saturated heterocycles. The number of aliphatic hydroxyl groups excluding tert-OH is 1. The molecule has 2 unspecified atom stereocenters. The number of rotatable bonds is 5. The smallest absolute Gasteiger partial charge is 0.0695 e. The van der Waals surface area contributed by atoms with E-state index in [-0.39, 0.29) is 6.10 Å². The molecule has 1 saturated carbocycles. The Morgan fingerprint density at radius 1 is 1.33 bits per heavy atom. The summed E-state index contributed by atoms with van der Waals surface area (Å²) in [5.41, 5.74) is 0. The number of nitrogens with one attached hydrogen (secondary N) is 1. The monoisotopic (exact) mass is 214 g/mol. The Hall–Kier alpha value is -0.120. The Labute approximate surface area is 93.9 Å². The van der Waals surface area contributed by atoms with E-state index in [1.54, 1.807) is 0 Å². The first-order valence-electron chi connectivity index (χ1n) is 6.23. The van der Waals surface area contributed by atoms with Gasteiger partial charge in [0.1, 0.15) is 0 Å². The van der Waals surface area contributed by atoms with Gasteiger partial charge in [0.25, 0.3) is 0 Å². The minimum Gasteiger partial charge on any atom is -0.391 e. The second kappa shape index (κ2) is 6.46. The summed E-state index contributed by atoms with van der Waals surface area (Å²) >= 11 is 0. The third-order valence-corrected chi connectivity index (χ3v) is 3.28. The molecule has 3 heteroatoms. The molecule has 0 aromatic rings. The highest BCUT2D eigenvalue weighted by atomic mass is 16.3. The largest absolute Gasteiger partial charge is 0.391 e. The fourth-order valence-electron chi connectivity index (χ4n) is 2.30. The zero-order valence-electron chi connectivity index (χ0n) is 10.4. The van der Waals surface area contributed by atoms with Crippen LogP contribution in [0.25, 0.3) is 0 Å². The number of likely N-dealkylation sites (N-methyl/N-ethyl adjacent to an activating group) is 1. The normalized spacial score (nSPS) is 27.6. The molecule has 0 aromatic carbocycles. The van der Waals surface area contributed by atoms with E-state index in [4.69, 9.17) is 0 Å². The van der Waals surface area contributed by atoms with Gasteiger partial charge in [-0.15, -0.1) is 0 Å². The van der Waals surface area contributed by atoms with Gasteiger partial charge in [-0.1, -0.05) is 26.7 Å². The zero-order chi connectivity index (χ0) is 11.3. The second-order valence-electron chi connectivity index (χ2n) is 5.01. The molecule has 0 aliphatic heterocycles. The topological polar surface area (TPSA) is 35.5 Å². The molecule has 0 amide bonds. The van der Waals surface area contributed by atoms with Gasteiger partial charge in [0, 0.05) is 25.2 Å². The number of hydrogen-bond donors (Lipinski definition) is 2. The van der Waals surface area contributed by atoms with Gasteiger partial charge in [-0.3, -0.25) is 4.90 Å². The second-order valence-corrected chi connectivity index (χ2v) is 5.01. The lowest BCUT2D eigenvalue weighted by atomic mass is 9.91. The Morgan fingerprint density at radius 3 is 2.60 bits per heavy atom. The van der Waals surface area contributed by atoms with Gasteiger partial charge in [-0.05, 0) is 19.9 Å². The summed E-state index contributed by atoms with van der Waals surface area (Å²) in [4.78, 5) is 2.30. The average Bonchev–Trinajstić information content (AvgIpc) is 2.17. The van der Waals surface area contributed by atoms with Crippen molar-refractivity contribution >= 4 is 0 Å². The molecule has 0 heterocycles. The van der Waals surface area contributed by atoms with Gasteiger partial charge in [0.15, 0.2) is 0 Å². The summed E-state index contributed by atoms with van der Waals surface area (Å²) in [5, 5.41) is 13.3. The van der Waals surface area contributed by atoms with Crippen LogP contribution in [0.3, 0.4) is 0 Å². The van der Waals surface area contributed by atoms with E-state index in [0.717, 1.165) is 25.9 Å². The summed E-state index contributed by atoms with van der Waals surface area (Å²) in [5.74, 6) is 0. The van der Waals surface area contributed by atoms with Crippen LogP contribution in [-0.4, -0.2) is 48.3 Å². The van der Waals surface area contributed by atoms with E-state index >= 15 is 0 Å². The minimum atomic E-state index is -0.109. The van der Waals surface area contributed by atoms with Gasteiger partial charge in [-0.25, -0.2) is 0 Å². The van der Waals surface area contributed by atoms with E-state index in [1.165, 1.54) is 12.8 Å². The van der Waals surface area contributed by atoms with Crippen LogP contribution in [0.4, 0.5) is 0 Å². The predicted molar refractivity (Wildman–Crippen MR) is 64.0 cm³/mol. The third kappa shape index (κ3) is 4.49.